The summed E-state index contributed by atoms with van der Waals surface area (Å²) >= 11 is 6.02. The minimum atomic E-state index is -0.827. The first kappa shape index (κ1) is 14.8. The van der Waals surface area contributed by atoms with Gasteiger partial charge in [-0.3, -0.25) is 4.79 Å². The number of halogens is 1. The van der Waals surface area contributed by atoms with Gasteiger partial charge in [-0.25, -0.2) is 4.98 Å². The Morgan fingerprint density at radius 2 is 2.30 bits per heavy atom. The van der Waals surface area contributed by atoms with Crippen molar-refractivity contribution in [3.63, 3.8) is 0 Å². The van der Waals surface area contributed by atoms with Gasteiger partial charge in [0.25, 0.3) is 0 Å². The topological polar surface area (TPSA) is 64.3 Å². The molecular formula is C14H17ClN2O3. The van der Waals surface area contributed by atoms with Gasteiger partial charge >= 0.3 is 5.97 Å². The van der Waals surface area contributed by atoms with Crippen molar-refractivity contribution in [1.29, 1.82) is 0 Å². The number of imidazole rings is 1. The van der Waals surface area contributed by atoms with E-state index in [1.807, 2.05) is 23.6 Å². The Balaban J connectivity index is 2.32. The minimum Gasteiger partial charge on any atom is -0.481 e. The molecule has 0 saturated heterocycles. The van der Waals surface area contributed by atoms with Crippen molar-refractivity contribution < 1.29 is 14.6 Å². The molecule has 0 radical (unpaired) electrons. The van der Waals surface area contributed by atoms with E-state index in [2.05, 4.69) is 4.98 Å². The Morgan fingerprint density at radius 1 is 1.50 bits per heavy atom. The second-order valence-electron chi connectivity index (χ2n) is 4.40. The van der Waals surface area contributed by atoms with Gasteiger partial charge in [0, 0.05) is 24.6 Å². The molecule has 0 aliphatic rings. The first-order valence-corrected chi connectivity index (χ1v) is 6.93. The van der Waals surface area contributed by atoms with Crippen molar-refractivity contribution >= 4 is 28.6 Å². The van der Waals surface area contributed by atoms with Gasteiger partial charge in [-0.1, -0.05) is 11.6 Å². The van der Waals surface area contributed by atoms with Gasteiger partial charge in [0.05, 0.1) is 24.1 Å². The summed E-state index contributed by atoms with van der Waals surface area (Å²) in [5, 5.41) is 9.45. The average Bonchev–Trinajstić information content (AvgIpc) is 2.74. The highest BCUT2D eigenvalue weighted by atomic mass is 35.5. The van der Waals surface area contributed by atoms with E-state index in [0.717, 1.165) is 16.9 Å². The molecule has 2 rings (SSSR count). The molecule has 0 aliphatic carbocycles. The summed E-state index contributed by atoms with van der Waals surface area (Å²) in [6, 6.07) is 5.48. The van der Waals surface area contributed by atoms with Gasteiger partial charge in [-0.2, -0.15) is 0 Å². The van der Waals surface area contributed by atoms with Crippen LogP contribution in [0.1, 0.15) is 19.2 Å². The van der Waals surface area contributed by atoms with E-state index < -0.39 is 5.97 Å². The molecule has 1 heterocycles. The number of hydrogen-bond acceptors (Lipinski definition) is 3. The van der Waals surface area contributed by atoms with E-state index in [4.69, 9.17) is 21.4 Å². The third-order valence-corrected chi connectivity index (χ3v) is 3.25. The molecule has 2 aromatic rings. The fraction of sp³-hybridized carbons (Fsp3) is 0.429. The maximum absolute atomic E-state index is 10.7. The molecule has 108 valence electrons. The molecule has 1 N–H and O–H groups in total. The lowest BCUT2D eigenvalue weighted by Crippen LogP contribution is -2.11. The number of aliphatic carboxylic acids is 1. The van der Waals surface area contributed by atoms with Crippen LogP contribution >= 0.6 is 11.6 Å². The van der Waals surface area contributed by atoms with E-state index >= 15 is 0 Å². The average molecular weight is 297 g/mol. The minimum absolute atomic E-state index is 0.0612. The first-order chi connectivity index (χ1) is 9.61. The molecule has 0 unspecified atom stereocenters. The summed E-state index contributed by atoms with van der Waals surface area (Å²) in [4.78, 5) is 15.2. The van der Waals surface area contributed by atoms with E-state index in [9.17, 15) is 4.79 Å². The molecule has 0 spiro atoms. The van der Waals surface area contributed by atoms with Crippen LogP contribution in [0.5, 0.6) is 0 Å². The number of fused-ring (bicyclic) bond motifs is 1. The Labute approximate surface area is 122 Å². The maximum Gasteiger partial charge on any atom is 0.303 e. The number of carbonyl (C=O) groups is 1. The highest BCUT2D eigenvalue weighted by Gasteiger charge is 2.12. The molecule has 0 saturated carbocycles. The van der Waals surface area contributed by atoms with Crippen LogP contribution in [0, 0.1) is 0 Å². The third kappa shape index (κ3) is 3.49. The fourth-order valence-corrected chi connectivity index (χ4v) is 2.27. The second-order valence-corrected chi connectivity index (χ2v) is 4.84. The predicted octanol–water partition coefficient (Wildman–Crippen LogP) is 2.74. The summed E-state index contributed by atoms with van der Waals surface area (Å²) in [5.41, 5.74) is 1.74. The van der Waals surface area contributed by atoms with Gasteiger partial charge in [0.2, 0.25) is 0 Å². The number of aromatic nitrogens is 2. The number of rotatable bonds is 7. The summed E-state index contributed by atoms with van der Waals surface area (Å²) in [7, 11) is 0. The summed E-state index contributed by atoms with van der Waals surface area (Å²) in [6.45, 7) is 3.79. The second kappa shape index (κ2) is 6.72. The molecule has 0 atom stereocenters. The Morgan fingerprint density at radius 3 is 3.00 bits per heavy atom. The number of carboxylic acid groups (broad SMARTS) is 1. The molecule has 6 heteroatoms. The molecule has 5 nitrogen and oxygen atoms in total. The number of benzene rings is 1. The maximum atomic E-state index is 10.7. The molecule has 0 aliphatic heterocycles. The fourth-order valence-electron chi connectivity index (χ4n) is 2.11. The van der Waals surface area contributed by atoms with E-state index in [-0.39, 0.29) is 6.42 Å². The van der Waals surface area contributed by atoms with Crippen molar-refractivity contribution in [3.05, 3.63) is 29.0 Å². The number of ether oxygens (including phenoxy) is 1. The first-order valence-electron chi connectivity index (χ1n) is 6.56. The molecule has 1 aromatic carbocycles. The molecule has 1 aromatic heterocycles. The molecular weight excluding hydrogens is 280 g/mol. The third-order valence-electron chi connectivity index (χ3n) is 3.02. The highest BCUT2D eigenvalue weighted by molar-refractivity contribution is 6.31. The van der Waals surface area contributed by atoms with Crippen molar-refractivity contribution in [2.45, 2.75) is 26.3 Å². The zero-order chi connectivity index (χ0) is 14.5. The quantitative estimate of drug-likeness (QED) is 0.798. The highest BCUT2D eigenvalue weighted by Crippen LogP contribution is 2.21. The van der Waals surface area contributed by atoms with Crippen LogP contribution in [-0.4, -0.2) is 33.8 Å². The lowest BCUT2D eigenvalue weighted by atomic mass is 10.3. The van der Waals surface area contributed by atoms with Crippen LogP contribution < -0.4 is 0 Å². The van der Waals surface area contributed by atoms with Gasteiger partial charge in [-0.15, -0.1) is 0 Å². The normalized spacial score (nSPS) is 11.1. The zero-order valence-corrected chi connectivity index (χ0v) is 12.1. The molecule has 0 fully saturated rings. The molecule has 20 heavy (non-hydrogen) atoms. The SMILES string of the molecule is CCOCCn1c(CCC(=O)O)nc2ccc(Cl)cc21. The van der Waals surface area contributed by atoms with Gasteiger partial charge in [0.15, 0.2) is 0 Å². The predicted molar refractivity (Wildman–Crippen MR) is 77.2 cm³/mol. The number of hydrogen-bond donors (Lipinski definition) is 1. The van der Waals surface area contributed by atoms with Crippen molar-refractivity contribution in [1.82, 2.24) is 9.55 Å². The standard InChI is InChI=1S/C14H17ClN2O3/c1-2-20-8-7-17-12-9-10(15)3-4-11(12)16-13(17)5-6-14(18)19/h3-4,9H,2,5-8H2,1H3,(H,18,19). The summed E-state index contributed by atoms with van der Waals surface area (Å²) in [5.74, 6) is -0.0733. The molecule has 0 bridgehead atoms. The Bertz CT molecular complexity index is 610. The van der Waals surface area contributed by atoms with Crippen LogP contribution in [0.15, 0.2) is 18.2 Å². The van der Waals surface area contributed by atoms with E-state index in [0.29, 0.717) is 31.2 Å². The van der Waals surface area contributed by atoms with E-state index in [1.54, 1.807) is 6.07 Å². The van der Waals surface area contributed by atoms with Crippen LogP contribution in [0.3, 0.4) is 0 Å². The van der Waals surface area contributed by atoms with Crippen LogP contribution in [-0.2, 0) is 22.5 Å². The number of aryl methyl sites for hydroxylation is 1. The number of nitrogens with zero attached hydrogens (tertiary/aromatic N) is 2. The largest absolute Gasteiger partial charge is 0.481 e. The van der Waals surface area contributed by atoms with Crippen LogP contribution in [0.25, 0.3) is 11.0 Å². The number of carboxylic acids is 1. The Kier molecular flexibility index (Phi) is 4.98. The van der Waals surface area contributed by atoms with Crippen molar-refractivity contribution in [2.75, 3.05) is 13.2 Å². The summed E-state index contributed by atoms with van der Waals surface area (Å²) in [6.07, 6.45) is 0.458. The zero-order valence-electron chi connectivity index (χ0n) is 11.3. The van der Waals surface area contributed by atoms with Gasteiger partial charge in [0.1, 0.15) is 5.82 Å². The van der Waals surface area contributed by atoms with Crippen LogP contribution in [0.4, 0.5) is 0 Å². The van der Waals surface area contributed by atoms with E-state index in [1.165, 1.54) is 0 Å². The smallest absolute Gasteiger partial charge is 0.303 e. The Hall–Kier alpha value is -1.59. The van der Waals surface area contributed by atoms with Gasteiger partial charge < -0.3 is 14.4 Å². The van der Waals surface area contributed by atoms with Crippen LogP contribution in [0.2, 0.25) is 5.02 Å². The summed E-state index contributed by atoms with van der Waals surface area (Å²) < 4.78 is 7.35. The molecule has 0 amide bonds. The van der Waals surface area contributed by atoms with Crippen molar-refractivity contribution in [2.24, 2.45) is 0 Å². The lowest BCUT2D eigenvalue weighted by molar-refractivity contribution is -0.137. The lowest BCUT2D eigenvalue weighted by Gasteiger charge is -2.08. The van der Waals surface area contributed by atoms with Crippen molar-refractivity contribution in [3.8, 4) is 0 Å². The van der Waals surface area contributed by atoms with Gasteiger partial charge in [-0.05, 0) is 25.1 Å². The monoisotopic (exact) mass is 296 g/mol.